The second-order valence-electron chi connectivity index (χ2n) is 6.69. The number of anilines is 1. The highest BCUT2D eigenvalue weighted by molar-refractivity contribution is 7.11. The molecule has 136 valence electrons. The third-order valence-corrected chi connectivity index (χ3v) is 5.91. The third kappa shape index (κ3) is 3.88. The van der Waals surface area contributed by atoms with Crippen LogP contribution >= 0.6 is 22.9 Å². The summed E-state index contributed by atoms with van der Waals surface area (Å²) in [5, 5.41) is 5.66. The van der Waals surface area contributed by atoms with E-state index in [-0.39, 0.29) is 16.6 Å². The van der Waals surface area contributed by atoms with Crippen LogP contribution in [-0.4, -0.2) is 45.8 Å². The van der Waals surface area contributed by atoms with Crippen LogP contribution in [0.2, 0.25) is 5.02 Å². The smallest absolute Gasteiger partial charge is 0.287 e. The molecule has 1 fully saturated rings. The molecule has 2 aromatic rings. The van der Waals surface area contributed by atoms with E-state index in [1.165, 1.54) is 9.56 Å². The third-order valence-electron chi connectivity index (χ3n) is 4.49. The molecule has 0 atom stereocenters. The van der Waals surface area contributed by atoms with Crippen molar-refractivity contribution >= 4 is 28.6 Å². The average Bonchev–Trinajstić information content (AvgIpc) is 2.88. The fourth-order valence-corrected chi connectivity index (χ4v) is 4.33. The molecule has 0 unspecified atom stereocenters. The van der Waals surface area contributed by atoms with Crippen LogP contribution < -0.4 is 10.5 Å². The number of nitrogens with zero attached hydrogens (tertiary/aromatic N) is 5. The van der Waals surface area contributed by atoms with Gasteiger partial charge < -0.3 is 4.90 Å². The zero-order chi connectivity index (χ0) is 18.1. The second kappa shape index (κ2) is 7.43. The molecule has 0 radical (unpaired) electrons. The normalized spacial score (nSPS) is 16.0. The van der Waals surface area contributed by atoms with Crippen molar-refractivity contribution in [3.63, 3.8) is 0 Å². The van der Waals surface area contributed by atoms with Crippen LogP contribution in [0.4, 0.5) is 5.69 Å². The lowest BCUT2D eigenvalue weighted by molar-refractivity contribution is 0.251. The van der Waals surface area contributed by atoms with Gasteiger partial charge in [0.05, 0.1) is 28.6 Å². The van der Waals surface area contributed by atoms with E-state index in [1.54, 1.807) is 17.5 Å². The van der Waals surface area contributed by atoms with Crippen molar-refractivity contribution in [2.24, 2.45) is 0 Å². The maximum absolute atomic E-state index is 12.3. The van der Waals surface area contributed by atoms with Gasteiger partial charge in [0.25, 0.3) is 5.56 Å². The summed E-state index contributed by atoms with van der Waals surface area (Å²) in [6.45, 7) is 12.4. The number of thiazole rings is 1. The summed E-state index contributed by atoms with van der Waals surface area (Å²) in [4.78, 5) is 22.8. The number of hydrogen-bond donors (Lipinski definition) is 0. The van der Waals surface area contributed by atoms with Crippen molar-refractivity contribution in [2.45, 2.75) is 40.3 Å². The van der Waals surface area contributed by atoms with Gasteiger partial charge in [0.1, 0.15) is 5.02 Å². The van der Waals surface area contributed by atoms with E-state index in [0.29, 0.717) is 0 Å². The summed E-state index contributed by atoms with van der Waals surface area (Å²) in [5.41, 5.74) is 1.66. The Morgan fingerprint density at radius 2 is 1.92 bits per heavy atom. The van der Waals surface area contributed by atoms with Crippen molar-refractivity contribution in [3.05, 3.63) is 37.2 Å². The molecule has 1 saturated heterocycles. The average molecular weight is 382 g/mol. The van der Waals surface area contributed by atoms with Crippen molar-refractivity contribution in [1.29, 1.82) is 0 Å². The molecule has 0 aliphatic carbocycles. The first-order valence-corrected chi connectivity index (χ1v) is 9.73. The van der Waals surface area contributed by atoms with E-state index >= 15 is 0 Å². The highest BCUT2D eigenvalue weighted by atomic mass is 35.5. The van der Waals surface area contributed by atoms with Crippen molar-refractivity contribution in [2.75, 3.05) is 31.1 Å². The van der Waals surface area contributed by atoms with E-state index in [0.717, 1.165) is 49.1 Å². The minimum atomic E-state index is -0.215. The van der Waals surface area contributed by atoms with Crippen LogP contribution in [0.15, 0.2) is 11.0 Å². The molecular formula is C17H24ClN5OS. The van der Waals surface area contributed by atoms with Gasteiger partial charge in [-0.05, 0) is 27.7 Å². The molecule has 0 aromatic carbocycles. The van der Waals surface area contributed by atoms with Gasteiger partial charge in [-0.25, -0.2) is 9.67 Å². The van der Waals surface area contributed by atoms with Gasteiger partial charge in [0.15, 0.2) is 0 Å². The summed E-state index contributed by atoms with van der Waals surface area (Å²) >= 11 is 8.10. The lowest BCUT2D eigenvalue weighted by Crippen LogP contribution is -2.46. The van der Waals surface area contributed by atoms with Crippen molar-refractivity contribution in [1.82, 2.24) is 19.7 Å². The second-order valence-corrected chi connectivity index (χ2v) is 8.36. The predicted octanol–water partition coefficient (Wildman–Crippen LogP) is 2.87. The standard InChI is InChI=1S/C17H24ClN5OS/c1-11(2)23-17(24)16(18)14(9-19-23)22-7-5-21(6-8-22)10-15-12(3)20-13(4)25-15/h9,11H,5-8,10H2,1-4H3. The van der Waals surface area contributed by atoms with Gasteiger partial charge >= 0.3 is 0 Å². The van der Waals surface area contributed by atoms with Crippen LogP contribution in [-0.2, 0) is 6.54 Å². The Bertz CT molecular complexity index is 808. The first-order valence-electron chi connectivity index (χ1n) is 8.54. The molecule has 0 spiro atoms. The summed E-state index contributed by atoms with van der Waals surface area (Å²) in [6.07, 6.45) is 1.72. The van der Waals surface area contributed by atoms with Gasteiger partial charge in [0, 0.05) is 37.6 Å². The van der Waals surface area contributed by atoms with Gasteiger partial charge in [-0.2, -0.15) is 5.10 Å². The van der Waals surface area contributed by atoms with Crippen LogP contribution in [0.25, 0.3) is 0 Å². The summed E-state index contributed by atoms with van der Waals surface area (Å²) < 4.78 is 1.43. The Balaban J connectivity index is 1.67. The fraction of sp³-hybridized carbons (Fsp3) is 0.588. The van der Waals surface area contributed by atoms with Crippen LogP contribution in [0.5, 0.6) is 0 Å². The molecule has 1 aliphatic rings. The molecule has 1 aliphatic heterocycles. The zero-order valence-corrected chi connectivity index (χ0v) is 16.7. The Labute approximate surface area is 157 Å². The van der Waals surface area contributed by atoms with Gasteiger partial charge in [-0.15, -0.1) is 11.3 Å². The Kier molecular flexibility index (Phi) is 5.46. The summed E-state index contributed by atoms with van der Waals surface area (Å²) in [7, 11) is 0. The topological polar surface area (TPSA) is 54.3 Å². The van der Waals surface area contributed by atoms with E-state index in [1.807, 2.05) is 20.8 Å². The number of aryl methyl sites for hydroxylation is 2. The van der Waals surface area contributed by atoms with Crippen LogP contribution in [0.1, 0.15) is 35.5 Å². The number of hydrogen-bond acceptors (Lipinski definition) is 6. The van der Waals surface area contributed by atoms with Gasteiger partial charge in [-0.1, -0.05) is 11.6 Å². The number of aromatic nitrogens is 3. The molecule has 0 bridgehead atoms. The van der Waals surface area contributed by atoms with E-state index < -0.39 is 0 Å². The molecular weight excluding hydrogens is 358 g/mol. The van der Waals surface area contributed by atoms with Crippen molar-refractivity contribution < 1.29 is 0 Å². The SMILES string of the molecule is Cc1nc(C)c(CN2CCN(c3cnn(C(C)C)c(=O)c3Cl)CC2)s1. The molecule has 6 nitrogen and oxygen atoms in total. The minimum absolute atomic E-state index is 0.00185. The van der Waals surface area contributed by atoms with Gasteiger partial charge in [-0.3, -0.25) is 9.69 Å². The maximum atomic E-state index is 12.3. The van der Waals surface area contributed by atoms with E-state index in [9.17, 15) is 4.79 Å². The largest absolute Gasteiger partial charge is 0.366 e. The van der Waals surface area contributed by atoms with E-state index in [2.05, 4.69) is 26.8 Å². The van der Waals surface area contributed by atoms with Crippen molar-refractivity contribution in [3.8, 4) is 0 Å². The fourth-order valence-electron chi connectivity index (χ4n) is 3.09. The molecule has 3 heterocycles. The molecule has 3 rings (SSSR count). The zero-order valence-electron chi connectivity index (χ0n) is 15.1. The van der Waals surface area contributed by atoms with Crippen LogP contribution in [0.3, 0.4) is 0 Å². The lowest BCUT2D eigenvalue weighted by atomic mass is 10.2. The molecule has 2 aromatic heterocycles. The first kappa shape index (κ1) is 18.4. The quantitative estimate of drug-likeness (QED) is 0.815. The molecule has 0 N–H and O–H groups in total. The summed E-state index contributed by atoms with van der Waals surface area (Å²) in [5.74, 6) is 0. The monoisotopic (exact) mass is 381 g/mol. The summed E-state index contributed by atoms with van der Waals surface area (Å²) in [6, 6.07) is 0.00185. The number of rotatable bonds is 4. The lowest BCUT2D eigenvalue weighted by Gasteiger charge is -2.36. The minimum Gasteiger partial charge on any atom is -0.366 e. The predicted molar refractivity (Wildman–Crippen MR) is 103 cm³/mol. The van der Waals surface area contributed by atoms with Crippen LogP contribution in [0, 0.1) is 13.8 Å². The first-order chi connectivity index (χ1) is 11.9. The molecule has 25 heavy (non-hydrogen) atoms. The molecule has 0 saturated carbocycles. The Hall–Kier alpha value is -1.44. The highest BCUT2D eigenvalue weighted by Crippen LogP contribution is 2.24. The number of piperazine rings is 1. The Morgan fingerprint density at radius 3 is 2.48 bits per heavy atom. The number of halogens is 1. The molecule has 0 amide bonds. The Morgan fingerprint density at radius 1 is 1.24 bits per heavy atom. The highest BCUT2D eigenvalue weighted by Gasteiger charge is 2.22. The van der Waals surface area contributed by atoms with Gasteiger partial charge in [0.2, 0.25) is 0 Å². The molecule has 8 heteroatoms. The maximum Gasteiger partial charge on any atom is 0.287 e. The van der Waals surface area contributed by atoms with E-state index in [4.69, 9.17) is 11.6 Å².